The van der Waals surface area contributed by atoms with Gasteiger partial charge >= 0.3 is 0 Å². The maximum atomic E-state index is 13.8. The molecule has 0 aliphatic heterocycles. The van der Waals surface area contributed by atoms with Crippen molar-refractivity contribution in [3.05, 3.63) is 35.1 Å². The number of aryl methyl sites for hydroxylation is 1. The summed E-state index contributed by atoms with van der Waals surface area (Å²) in [6.07, 6.45) is 5.03. The van der Waals surface area contributed by atoms with Crippen molar-refractivity contribution >= 4 is 0 Å². The van der Waals surface area contributed by atoms with E-state index < -0.39 is 0 Å². The van der Waals surface area contributed by atoms with Crippen molar-refractivity contribution in [2.24, 2.45) is 5.92 Å². The Morgan fingerprint density at radius 2 is 1.94 bits per heavy atom. The topological polar surface area (TPSA) is 20.2 Å². The van der Waals surface area contributed by atoms with Crippen LogP contribution < -0.4 is 0 Å². The first-order valence-corrected chi connectivity index (χ1v) is 6.63. The van der Waals surface area contributed by atoms with Crippen LogP contribution in [0.1, 0.15) is 49.7 Å². The van der Waals surface area contributed by atoms with Gasteiger partial charge in [-0.3, -0.25) is 0 Å². The van der Waals surface area contributed by atoms with E-state index in [0.717, 1.165) is 37.7 Å². The van der Waals surface area contributed by atoms with Gasteiger partial charge in [0.2, 0.25) is 0 Å². The van der Waals surface area contributed by atoms with Crippen LogP contribution in [0.2, 0.25) is 0 Å². The molecular weight excluding hydrogens is 215 g/mol. The number of rotatable bonds is 3. The van der Waals surface area contributed by atoms with Gasteiger partial charge in [-0.15, -0.1) is 0 Å². The van der Waals surface area contributed by atoms with Crippen LogP contribution in [0.25, 0.3) is 0 Å². The summed E-state index contributed by atoms with van der Waals surface area (Å²) in [6.45, 7) is 2.38. The fourth-order valence-corrected chi connectivity index (χ4v) is 2.78. The molecule has 2 heteroatoms. The lowest BCUT2D eigenvalue weighted by molar-refractivity contribution is 0.181. The van der Waals surface area contributed by atoms with Crippen molar-refractivity contribution in [1.82, 2.24) is 0 Å². The minimum Gasteiger partial charge on any atom is -0.396 e. The Morgan fingerprint density at radius 1 is 1.24 bits per heavy atom. The third-order valence-electron chi connectivity index (χ3n) is 4.01. The van der Waals surface area contributed by atoms with Crippen LogP contribution in [-0.2, 0) is 6.42 Å². The second-order valence-electron chi connectivity index (χ2n) is 5.11. The molecule has 0 atom stereocenters. The molecule has 0 saturated heterocycles. The molecule has 0 spiro atoms. The molecule has 1 saturated carbocycles. The molecule has 1 aromatic rings. The average molecular weight is 236 g/mol. The predicted octanol–water partition coefficient (Wildman–Crippen LogP) is 3.65. The molecule has 1 aliphatic rings. The number of aliphatic hydroxyl groups excluding tert-OH is 1. The maximum absolute atomic E-state index is 13.8. The van der Waals surface area contributed by atoms with Crippen LogP contribution in [-0.4, -0.2) is 11.7 Å². The standard InChI is InChI=1S/C15H21FO/c1-2-11-5-8-15(16)14(9-11)13-6-3-12(10-17)4-7-13/h5,8-9,12-13,17H,2-4,6-7,10H2,1H3/t12-,13-. The largest absolute Gasteiger partial charge is 0.396 e. The van der Waals surface area contributed by atoms with Crippen molar-refractivity contribution in [3.8, 4) is 0 Å². The molecule has 0 amide bonds. The van der Waals surface area contributed by atoms with Crippen molar-refractivity contribution in [2.45, 2.75) is 44.9 Å². The first-order chi connectivity index (χ1) is 8.24. The molecule has 1 aliphatic carbocycles. The van der Waals surface area contributed by atoms with E-state index in [1.54, 1.807) is 6.07 Å². The molecule has 1 nitrogen and oxygen atoms in total. The molecule has 0 bridgehead atoms. The van der Waals surface area contributed by atoms with E-state index in [9.17, 15) is 4.39 Å². The van der Waals surface area contributed by atoms with Crippen LogP contribution in [0.3, 0.4) is 0 Å². The van der Waals surface area contributed by atoms with Crippen molar-refractivity contribution < 1.29 is 9.50 Å². The van der Waals surface area contributed by atoms with Crippen LogP contribution in [0.5, 0.6) is 0 Å². The second-order valence-corrected chi connectivity index (χ2v) is 5.11. The van der Waals surface area contributed by atoms with Crippen molar-refractivity contribution in [1.29, 1.82) is 0 Å². The van der Waals surface area contributed by atoms with Gasteiger partial charge in [0.15, 0.2) is 0 Å². The van der Waals surface area contributed by atoms with Gasteiger partial charge in [-0.25, -0.2) is 4.39 Å². The van der Waals surface area contributed by atoms with E-state index in [1.165, 1.54) is 5.56 Å². The van der Waals surface area contributed by atoms with E-state index in [0.29, 0.717) is 11.8 Å². The first-order valence-electron chi connectivity index (χ1n) is 6.63. The number of hydrogen-bond donors (Lipinski definition) is 1. The molecular formula is C15H21FO. The lowest BCUT2D eigenvalue weighted by atomic mass is 9.78. The summed E-state index contributed by atoms with van der Waals surface area (Å²) in [7, 11) is 0. The fourth-order valence-electron chi connectivity index (χ4n) is 2.78. The van der Waals surface area contributed by atoms with Gasteiger partial charge in [0.25, 0.3) is 0 Å². The van der Waals surface area contributed by atoms with Crippen LogP contribution in [0.4, 0.5) is 4.39 Å². The van der Waals surface area contributed by atoms with E-state index in [2.05, 4.69) is 6.92 Å². The van der Waals surface area contributed by atoms with Crippen molar-refractivity contribution in [3.63, 3.8) is 0 Å². The Balaban J connectivity index is 2.12. The zero-order valence-electron chi connectivity index (χ0n) is 10.5. The third kappa shape index (κ3) is 2.86. The Bertz CT molecular complexity index is 367. The normalized spacial score (nSPS) is 24.9. The molecule has 0 heterocycles. The van der Waals surface area contributed by atoms with Crippen LogP contribution in [0.15, 0.2) is 18.2 Å². The van der Waals surface area contributed by atoms with E-state index in [4.69, 9.17) is 5.11 Å². The number of hydrogen-bond acceptors (Lipinski definition) is 1. The summed E-state index contributed by atoms with van der Waals surface area (Å²) in [5.74, 6) is 0.725. The Kier molecular flexibility index (Phi) is 4.16. The van der Waals surface area contributed by atoms with E-state index in [1.807, 2.05) is 12.1 Å². The highest BCUT2D eigenvalue weighted by molar-refractivity contribution is 5.28. The van der Waals surface area contributed by atoms with E-state index in [-0.39, 0.29) is 12.4 Å². The van der Waals surface area contributed by atoms with Crippen LogP contribution in [0, 0.1) is 11.7 Å². The Morgan fingerprint density at radius 3 is 2.53 bits per heavy atom. The molecule has 0 radical (unpaired) electrons. The van der Waals surface area contributed by atoms with Gasteiger partial charge in [0.1, 0.15) is 5.82 Å². The fraction of sp³-hybridized carbons (Fsp3) is 0.600. The first kappa shape index (κ1) is 12.6. The van der Waals surface area contributed by atoms with Gasteiger partial charge in [-0.1, -0.05) is 19.1 Å². The minimum atomic E-state index is -0.0605. The highest BCUT2D eigenvalue weighted by atomic mass is 19.1. The predicted molar refractivity (Wildman–Crippen MR) is 67.6 cm³/mol. The smallest absolute Gasteiger partial charge is 0.126 e. The summed E-state index contributed by atoms with van der Waals surface area (Å²) >= 11 is 0. The summed E-state index contributed by atoms with van der Waals surface area (Å²) in [4.78, 5) is 0. The highest BCUT2D eigenvalue weighted by Gasteiger charge is 2.23. The summed E-state index contributed by atoms with van der Waals surface area (Å²) < 4.78 is 13.8. The summed E-state index contributed by atoms with van der Waals surface area (Å²) in [6, 6.07) is 5.50. The quantitative estimate of drug-likeness (QED) is 0.849. The summed E-state index contributed by atoms with van der Waals surface area (Å²) in [5, 5.41) is 9.11. The molecule has 1 fully saturated rings. The molecule has 1 N–H and O–H groups in total. The lowest BCUT2D eigenvalue weighted by Gasteiger charge is -2.28. The van der Waals surface area contributed by atoms with Crippen LogP contribution >= 0.6 is 0 Å². The van der Waals surface area contributed by atoms with Gasteiger partial charge < -0.3 is 5.11 Å². The van der Waals surface area contributed by atoms with E-state index >= 15 is 0 Å². The lowest BCUT2D eigenvalue weighted by Crippen LogP contribution is -2.17. The maximum Gasteiger partial charge on any atom is 0.126 e. The van der Waals surface area contributed by atoms with Gasteiger partial charge in [0.05, 0.1) is 0 Å². The second kappa shape index (κ2) is 5.63. The summed E-state index contributed by atoms with van der Waals surface area (Å²) in [5.41, 5.74) is 2.10. The minimum absolute atomic E-state index is 0.0605. The Labute approximate surface area is 103 Å². The molecule has 1 aromatic carbocycles. The zero-order valence-corrected chi connectivity index (χ0v) is 10.5. The number of benzene rings is 1. The zero-order chi connectivity index (χ0) is 12.3. The third-order valence-corrected chi connectivity index (χ3v) is 4.01. The van der Waals surface area contributed by atoms with Gasteiger partial charge in [0, 0.05) is 6.61 Å². The van der Waals surface area contributed by atoms with Gasteiger partial charge in [-0.05, 0) is 61.1 Å². The molecule has 17 heavy (non-hydrogen) atoms. The number of aliphatic hydroxyl groups is 1. The SMILES string of the molecule is CCc1ccc(F)c([C@H]2CC[C@H](CO)CC2)c1. The monoisotopic (exact) mass is 236 g/mol. The molecule has 0 unspecified atom stereocenters. The van der Waals surface area contributed by atoms with Gasteiger partial charge in [-0.2, -0.15) is 0 Å². The molecule has 94 valence electrons. The molecule has 0 aromatic heterocycles. The average Bonchev–Trinajstić information content (AvgIpc) is 2.39. The molecule has 2 rings (SSSR count). The Hall–Kier alpha value is -0.890. The van der Waals surface area contributed by atoms with Crippen molar-refractivity contribution in [2.75, 3.05) is 6.61 Å². The number of halogens is 1. The highest BCUT2D eigenvalue weighted by Crippen LogP contribution is 2.36.